The van der Waals surface area contributed by atoms with Gasteiger partial charge in [-0.15, -0.1) is 0 Å². The number of nitrogens with zero attached hydrogens (tertiary/aromatic N) is 4. The molecule has 0 saturated carbocycles. The normalized spacial score (nSPS) is 18.6. The van der Waals surface area contributed by atoms with E-state index in [2.05, 4.69) is 25.3 Å². The zero-order valence-electron chi connectivity index (χ0n) is 12.9. The van der Waals surface area contributed by atoms with Gasteiger partial charge in [0.2, 0.25) is 11.7 Å². The van der Waals surface area contributed by atoms with Crippen LogP contribution in [-0.4, -0.2) is 39.7 Å². The molecule has 22 heavy (non-hydrogen) atoms. The van der Waals surface area contributed by atoms with Crippen molar-refractivity contribution in [2.24, 2.45) is 0 Å². The summed E-state index contributed by atoms with van der Waals surface area (Å²) < 4.78 is 5.48. The lowest BCUT2D eigenvalue weighted by atomic mass is 9.95. The molecule has 0 bridgehead atoms. The summed E-state index contributed by atoms with van der Waals surface area (Å²) in [5.41, 5.74) is 4.61. The molecule has 0 atom stereocenters. The molecule has 116 valence electrons. The molecular formula is C16H21N5O. The van der Waals surface area contributed by atoms with Crippen LogP contribution >= 0.6 is 0 Å². The van der Waals surface area contributed by atoms with E-state index in [1.807, 2.05) is 13.1 Å². The molecule has 0 amide bonds. The lowest BCUT2D eigenvalue weighted by molar-refractivity contribution is 0.268. The van der Waals surface area contributed by atoms with E-state index in [-0.39, 0.29) is 0 Å². The van der Waals surface area contributed by atoms with Crippen LogP contribution in [0, 0.1) is 6.92 Å². The first-order valence-corrected chi connectivity index (χ1v) is 8.04. The Bertz CT molecular complexity index is 675. The molecule has 0 aliphatic carbocycles. The Morgan fingerprint density at radius 2 is 2.18 bits per heavy atom. The highest BCUT2D eigenvalue weighted by atomic mass is 16.5. The third-order valence-corrected chi connectivity index (χ3v) is 4.58. The average molecular weight is 299 g/mol. The van der Waals surface area contributed by atoms with Gasteiger partial charge in [0.1, 0.15) is 0 Å². The number of aromatic nitrogens is 3. The van der Waals surface area contributed by atoms with E-state index in [4.69, 9.17) is 4.52 Å². The van der Waals surface area contributed by atoms with Crippen molar-refractivity contribution in [3.8, 4) is 11.4 Å². The first-order chi connectivity index (χ1) is 10.8. The second-order valence-electron chi connectivity index (χ2n) is 6.14. The summed E-state index contributed by atoms with van der Waals surface area (Å²) in [5, 5.41) is 7.61. The van der Waals surface area contributed by atoms with Crippen LogP contribution in [0.4, 0.5) is 0 Å². The van der Waals surface area contributed by atoms with Gasteiger partial charge in [-0.3, -0.25) is 9.88 Å². The van der Waals surface area contributed by atoms with Crippen LogP contribution in [-0.2, 0) is 19.5 Å². The van der Waals surface area contributed by atoms with E-state index < -0.39 is 0 Å². The van der Waals surface area contributed by atoms with E-state index in [1.165, 1.54) is 24.0 Å². The molecule has 2 aromatic rings. The van der Waals surface area contributed by atoms with Crippen molar-refractivity contribution in [2.75, 3.05) is 19.6 Å². The summed E-state index contributed by atoms with van der Waals surface area (Å²) >= 11 is 0. The predicted molar refractivity (Wildman–Crippen MR) is 82.2 cm³/mol. The number of likely N-dealkylation sites (tertiary alicyclic amines) is 1. The standard InChI is InChI=1S/C16H21N5O/c1-11-15(13-4-5-17-8-12(13)9-18-11)16-19-14(22-20-16)10-21-6-2-3-7-21/h9,17H,2-8,10H2,1H3. The monoisotopic (exact) mass is 299 g/mol. The Labute approximate surface area is 129 Å². The Balaban J connectivity index is 1.65. The number of rotatable bonds is 3. The van der Waals surface area contributed by atoms with Crippen molar-refractivity contribution < 1.29 is 4.52 Å². The van der Waals surface area contributed by atoms with Crippen molar-refractivity contribution in [2.45, 2.75) is 39.3 Å². The molecule has 2 aliphatic heterocycles. The summed E-state index contributed by atoms with van der Waals surface area (Å²) in [4.78, 5) is 11.5. The summed E-state index contributed by atoms with van der Waals surface area (Å²) in [5.74, 6) is 1.40. The minimum Gasteiger partial charge on any atom is -0.338 e. The first-order valence-electron chi connectivity index (χ1n) is 8.04. The van der Waals surface area contributed by atoms with E-state index in [9.17, 15) is 0 Å². The lowest BCUT2D eigenvalue weighted by Crippen LogP contribution is -2.24. The SMILES string of the molecule is Cc1ncc2c(c1-c1noc(CN3CCCC3)n1)CCNC2. The highest BCUT2D eigenvalue weighted by Crippen LogP contribution is 2.28. The highest BCUT2D eigenvalue weighted by Gasteiger charge is 2.22. The Kier molecular flexibility index (Phi) is 3.63. The molecule has 0 radical (unpaired) electrons. The van der Waals surface area contributed by atoms with Crippen LogP contribution in [0.15, 0.2) is 10.7 Å². The van der Waals surface area contributed by atoms with Gasteiger partial charge in [0.05, 0.1) is 6.54 Å². The van der Waals surface area contributed by atoms with E-state index in [0.29, 0.717) is 11.7 Å². The van der Waals surface area contributed by atoms with Crippen LogP contribution in [0.25, 0.3) is 11.4 Å². The smallest absolute Gasteiger partial charge is 0.241 e. The third-order valence-electron chi connectivity index (χ3n) is 4.58. The van der Waals surface area contributed by atoms with Crippen LogP contribution in [0.3, 0.4) is 0 Å². The predicted octanol–water partition coefficient (Wildman–Crippen LogP) is 1.68. The Hall–Kier alpha value is -1.79. The lowest BCUT2D eigenvalue weighted by Gasteiger charge is -2.19. The minimum absolute atomic E-state index is 0.693. The molecule has 1 N–H and O–H groups in total. The third kappa shape index (κ3) is 2.53. The maximum Gasteiger partial charge on any atom is 0.241 e. The van der Waals surface area contributed by atoms with Gasteiger partial charge >= 0.3 is 0 Å². The summed E-state index contributed by atoms with van der Waals surface area (Å²) in [6.07, 6.45) is 5.49. The molecule has 1 fully saturated rings. The zero-order valence-corrected chi connectivity index (χ0v) is 12.9. The number of fused-ring (bicyclic) bond motifs is 1. The van der Waals surface area contributed by atoms with Gasteiger partial charge in [-0.25, -0.2) is 0 Å². The fourth-order valence-corrected chi connectivity index (χ4v) is 3.42. The maximum absolute atomic E-state index is 5.48. The fourth-order valence-electron chi connectivity index (χ4n) is 3.42. The van der Waals surface area contributed by atoms with Crippen LogP contribution in [0.5, 0.6) is 0 Å². The number of nitrogens with one attached hydrogen (secondary N) is 1. The van der Waals surface area contributed by atoms with Crippen molar-refractivity contribution >= 4 is 0 Å². The molecule has 0 spiro atoms. The van der Waals surface area contributed by atoms with Gasteiger partial charge in [-0.05, 0) is 56.9 Å². The van der Waals surface area contributed by atoms with Crippen molar-refractivity contribution in [3.63, 3.8) is 0 Å². The molecule has 2 aromatic heterocycles. The van der Waals surface area contributed by atoms with Gasteiger partial charge in [-0.1, -0.05) is 5.16 Å². The average Bonchev–Trinajstić information content (AvgIpc) is 3.20. The molecule has 4 rings (SSSR count). The highest BCUT2D eigenvalue weighted by molar-refractivity contribution is 5.64. The number of aryl methyl sites for hydroxylation is 1. The Morgan fingerprint density at radius 3 is 3.05 bits per heavy atom. The van der Waals surface area contributed by atoms with Crippen LogP contribution in [0.1, 0.15) is 35.6 Å². The van der Waals surface area contributed by atoms with Gasteiger partial charge < -0.3 is 9.84 Å². The summed E-state index contributed by atoms with van der Waals surface area (Å²) in [7, 11) is 0. The second kappa shape index (κ2) is 5.78. The van der Waals surface area contributed by atoms with Gasteiger partial charge in [0.25, 0.3) is 0 Å². The molecule has 0 aromatic carbocycles. The number of hydrogen-bond acceptors (Lipinski definition) is 6. The molecule has 6 heteroatoms. The summed E-state index contributed by atoms with van der Waals surface area (Å²) in [6, 6.07) is 0. The van der Waals surface area contributed by atoms with E-state index in [0.717, 1.165) is 50.4 Å². The molecule has 6 nitrogen and oxygen atoms in total. The van der Waals surface area contributed by atoms with Crippen molar-refractivity contribution in [1.29, 1.82) is 0 Å². The molecule has 1 saturated heterocycles. The zero-order chi connectivity index (χ0) is 14.9. The van der Waals surface area contributed by atoms with Crippen molar-refractivity contribution in [3.05, 3.63) is 28.9 Å². The molecule has 2 aliphatic rings. The molecule has 0 unspecified atom stereocenters. The maximum atomic E-state index is 5.48. The van der Waals surface area contributed by atoms with Gasteiger partial charge in [0, 0.05) is 24.0 Å². The van der Waals surface area contributed by atoms with Gasteiger partial charge in [0.15, 0.2) is 0 Å². The van der Waals surface area contributed by atoms with E-state index >= 15 is 0 Å². The van der Waals surface area contributed by atoms with Crippen molar-refractivity contribution in [1.82, 2.24) is 25.3 Å². The topological polar surface area (TPSA) is 67.1 Å². The fraction of sp³-hybridized carbons (Fsp3) is 0.562. The largest absolute Gasteiger partial charge is 0.338 e. The second-order valence-corrected chi connectivity index (χ2v) is 6.14. The van der Waals surface area contributed by atoms with Gasteiger partial charge in [-0.2, -0.15) is 4.98 Å². The van der Waals surface area contributed by atoms with Crippen LogP contribution < -0.4 is 5.32 Å². The first kappa shape index (κ1) is 13.8. The minimum atomic E-state index is 0.693. The Morgan fingerprint density at radius 1 is 1.32 bits per heavy atom. The summed E-state index contributed by atoms with van der Waals surface area (Å²) in [6.45, 7) is 6.90. The van der Waals surface area contributed by atoms with E-state index in [1.54, 1.807) is 0 Å². The quantitative estimate of drug-likeness (QED) is 0.930. The van der Waals surface area contributed by atoms with Crippen LogP contribution in [0.2, 0.25) is 0 Å². The molecular weight excluding hydrogens is 278 g/mol. The number of pyridine rings is 1. The molecule has 4 heterocycles. The number of hydrogen-bond donors (Lipinski definition) is 1.